The molecule has 0 amide bonds. The summed E-state index contributed by atoms with van der Waals surface area (Å²) in [7, 11) is 0. The summed E-state index contributed by atoms with van der Waals surface area (Å²) in [6.07, 6.45) is 7.06. The van der Waals surface area contributed by atoms with Crippen molar-refractivity contribution < 1.29 is 9.13 Å². The largest absolute Gasteiger partial charge is 0.369 e. The Hall–Kier alpha value is -2.17. The third-order valence-electron chi connectivity index (χ3n) is 4.47. The predicted octanol–water partition coefficient (Wildman–Crippen LogP) is 5.28. The number of imidazole rings is 1. The van der Waals surface area contributed by atoms with Gasteiger partial charge in [0.2, 0.25) is 0 Å². The van der Waals surface area contributed by atoms with Gasteiger partial charge in [-0.05, 0) is 49.1 Å². The fourth-order valence-electron chi connectivity index (χ4n) is 2.89. The van der Waals surface area contributed by atoms with Gasteiger partial charge in [-0.15, -0.1) is 0 Å². The van der Waals surface area contributed by atoms with E-state index < -0.39 is 5.60 Å². The Labute approximate surface area is 158 Å². The molecule has 0 spiro atoms. The Kier molecular flexibility index (Phi) is 6.07. The average Bonchev–Trinajstić information content (AvgIpc) is 3.13. The van der Waals surface area contributed by atoms with Crippen LogP contribution in [0.1, 0.15) is 24.5 Å². The molecule has 1 heterocycles. The topological polar surface area (TPSA) is 27.1 Å². The SMILES string of the molecule is CC(CCc1ccc(F)cc1)(Cn1ccnc1)OCc1ccccc1Cl. The van der Waals surface area contributed by atoms with Crippen molar-refractivity contribution in [3.05, 3.63) is 89.2 Å². The molecular formula is C21H22ClFN2O. The summed E-state index contributed by atoms with van der Waals surface area (Å²) in [5, 5.41) is 0.705. The van der Waals surface area contributed by atoms with Gasteiger partial charge in [-0.2, -0.15) is 0 Å². The van der Waals surface area contributed by atoms with E-state index in [1.165, 1.54) is 12.1 Å². The summed E-state index contributed by atoms with van der Waals surface area (Å²) in [4.78, 5) is 4.11. The molecule has 3 aromatic rings. The van der Waals surface area contributed by atoms with E-state index in [0.29, 0.717) is 18.2 Å². The zero-order chi connectivity index (χ0) is 18.4. The molecule has 1 aromatic heterocycles. The standard InChI is InChI=1S/C21H22ClFN2O/c1-21(15-25-13-12-24-16-25,11-10-17-6-8-19(23)9-7-17)26-14-18-4-2-3-5-20(18)22/h2-9,12-13,16H,10-11,14-15H2,1H3. The first-order chi connectivity index (χ1) is 12.5. The Balaban J connectivity index is 1.70. The van der Waals surface area contributed by atoms with E-state index in [2.05, 4.69) is 11.9 Å². The molecule has 0 saturated carbocycles. The molecule has 0 radical (unpaired) electrons. The summed E-state index contributed by atoms with van der Waals surface area (Å²) in [6, 6.07) is 14.3. The normalized spacial score (nSPS) is 13.5. The maximum absolute atomic E-state index is 13.1. The quantitative estimate of drug-likeness (QED) is 0.537. The van der Waals surface area contributed by atoms with Crippen LogP contribution in [0.3, 0.4) is 0 Å². The van der Waals surface area contributed by atoms with E-state index in [0.717, 1.165) is 24.0 Å². The molecule has 136 valence electrons. The number of benzene rings is 2. The molecule has 0 saturated heterocycles. The van der Waals surface area contributed by atoms with Crippen molar-refractivity contribution in [3.8, 4) is 0 Å². The van der Waals surface area contributed by atoms with Crippen LogP contribution in [-0.2, 0) is 24.3 Å². The number of hydrogen-bond donors (Lipinski definition) is 0. The molecule has 5 heteroatoms. The van der Waals surface area contributed by atoms with Crippen molar-refractivity contribution in [1.82, 2.24) is 9.55 Å². The Morgan fingerprint density at radius 1 is 1.15 bits per heavy atom. The lowest BCUT2D eigenvalue weighted by atomic mass is 9.96. The fourth-order valence-corrected chi connectivity index (χ4v) is 3.08. The second-order valence-corrected chi connectivity index (χ2v) is 7.10. The molecule has 0 aliphatic rings. The first kappa shape index (κ1) is 18.6. The highest BCUT2D eigenvalue weighted by Gasteiger charge is 2.26. The summed E-state index contributed by atoms with van der Waals surface area (Å²) in [6.45, 7) is 3.21. The molecule has 0 N–H and O–H groups in total. The summed E-state index contributed by atoms with van der Waals surface area (Å²) < 4.78 is 21.4. The highest BCUT2D eigenvalue weighted by molar-refractivity contribution is 6.31. The molecule has 26 heavy (non-hydrogen) atoms. The van der Waals surface area contributed by atoms with E-state index >= 15 is 0 Å². The lowest BCUT2D eigenvalue weighted by Gasteiger charge is -2.31. The smallest absolute Gasteiger partial charge is 0.123 e. The van der Waals surface area contributed by atoms with Gasteiger partial charge in [0, 0.05) is 17.4 Å². The minimum absolute atomic E-state index is 0.218. The third kappa shape index (κ3) is 5.16. The number of nitrogens with zero attached hydrogens (tertiary/aromatic N) is 2. The molecule has 3 rings (SSSR count). The van der Waals surface area contributed by atoms with Crippen LogP contribution in [-0.4, -0.2) is 15.2 Å². The second kappa shape index (κ2) is 8.47. The molecule has 0 aliphatic carbocycles. The maximum Gasteiger partial charge on any atom is 0.123 e. The monoisotopic (exact) mass is 372 g/mol. The number of ether oxygens (including phenoxy) is 1. The van der Waals surface area contributed by atoms with Gasteiger partial charge in [-0.25, -0.2) is 9.37 Å². The lowest BCUT2D eigenvalue weighted by Crippen LogP contribution is -2.34. The van der Waals surface area contributed by atoms with Crippen LogP contribution in [0.2, 0.25) is 5.02 Å². The van der Waals surface area contributed by atoms with E-state index in [4.69, 9.17) is 16.3 Å². The molecule has 1 atom stereocenters. The van der Waals surface area contributed by atoms with Crippen molar-refractivity contribution in [2.24, 2.45) is 0 Å². The van der Waals surface area contributed by atoms with Gasteiger partial charge in [0.15, 0.2) is 0 Å². The van der Waals surface area contributed by atoms with Crippen molar-refractivity contribution in [2.45, 2.75) is 38.5 Å². The number of aromatic nitrogens is 2. The second-order valence-electron chi connectivity index (χ2n) is 6.69. The van der Waals surface area contributed by atoms with E-state index in [1.807, 2.05) is 47.2 Å². The van der Waals surface area contributed by atoms with Crippen LogP contribution in [0.5, 0.6) is 0 Å². The third-order valence-corrected chi connectivity index (χ3v) is 4.83. The van der Waals surface area contributed by atoms with Gasteiger partial charge >= 0.3 is 0 Å². The molecule has 3 nitrogen and oxygen atoms in total. The summed E-state index contributed by atoms with van der Waals surface area (Å²) in [5.74, 6) is -0.218. The van der Waals surface area contributed by atoms with E-state index in [-0.39, 0.29) is 5.82 Å². The van der Waals surface area contributed by atoms with Crippen LogP contribution in [0.25, 0.3) is 0 Å². The van der Waals surface area contributed by atoms with Crippen molar-refractivity contribution in [3.63, 3.8) is 0 Å². The van der Waals surface area contributed by atoms with Crippen LogP contribution in [0, 0.1) is 5.82 Å². The summed E-state index contributed by atoms with van der Waals surface area (Å²) >= 11 is 6.25. The zero-order valence-electron chi connectivity index (χ0n) is 14.7. The number of rotatable bonds is 8. The van der Waals surface area contributed by atoms with Crippen LogP contribution < -0.4 is 0 Å². The van der Waals surface area contributed by atoms with E-state index in [9.17, 15) is 4.39 Å². The van der Waals surface area contributed by atoms with Gasteiger partial charge in [0.1, 0.15) is 5.82 Å². The number of aryl methyl sites for hydroxylation is 1. The van der Waals surface area contributed by atoms with Crippen LogP contribution in [0.4, 0.5) is 4.39 Å². The van der Waals surface area contributed by atoms with Gasteiger partial charge < -0.3 is 9.30 Å². The van der Waals surface area contributed by atoms with Crippen LogP contribution >= 0.6 is 11.6 Å². The predicted molar refractivity (Wildman–Crippen MR) is 102 cm³/mol. The molecule has 2 aromatic carbocycles. The number of halogens is 2. The lowest BCUT2D eigenvalue weighted by molar-refractivity contribution is -0.0602. The fraction of sp³-hybridized carbons (Fsp3) is 0.286. The van der Waals surface area contributed by atoms with Gasteiger partial charge in [-0.1, -0.05) is 41.9 Å². The van der Waals surface area contributed by atoms with Crippen molar-refractivity contribution >= 4 is 11.6 Å². The minimum atomic E-state index is -0.408. The molecule has 0 aliphatic heterocycles. The van der Waals surface area contributed by atoms with Gasteiger partial charge in [0.25, 0.3) is 0 Å². The first-order valence-electron chi connectivity index (χ1n) is 8.62. The Bertz CT molecular complexity index is 820. The minimum Gasteiger partial charge on any atom is -0.369 e. The zero-order valence-corrected chi connectivity index (χ0v) is 15.5. The molecule has 0 bridgehead atoms. The summed E-state index contributed by atoms with van der Waals surface area (Å²) in [5.41, 5.74) is 1.64. The van der Waals surface area contributed by atoms with Crippen molar-refractivity contribution in [1.29, 1.82) is 0 Å². The van der Waals surface area contributed by atoms with Crippen molar-refractivity contribution in [2.75, 3.05) is 0 Å². The first-order valence-corrected chi connectivity index (χ1v) is 8.99. The van der Waals surface area contributed by atoms with E-state index in [1.54, 1.807) is 12.5 Å². The maximum atomic E-state index is 13.1. The van der Waals surface area contributed by atoms with Gasteiger partial charge in [0.05, 0.1) is 25.1 Å². The molecular weight excluding hydrogens is 351 g/mol. The Morgan fingerprint density at radius 3 is 2.62 bits per heavy atom. The molecule has 1 unspecified atom stereocenters. The number of hydrogen-bond acceptors (Lipinski definition) is 2. The highest BCUT2D eigenvalue weighted by atomic mass is 35.5. The molecule has 0 fully saturated rings. The Morgan fingerprint density at radius 2 is 1.92 bits per heavy atom. The van der Waals surface area contributed by atoms with Crippen LogP contribution in [0.15, 0.2) is 67.3 Å². The van der Waals surface area contributed by atoms with Gasteiger partial charge in [-0.3, -0.25) is 0 Å². The highest BCUT2D eigenvalue weighted by Crippen LogP contribution is 2.25. The average molecular weight is 373 g/mol.